The van der Waals surface area contributed by atoms with Crippen LogP contribution in [0.25, 0.3) is 0 Å². The molecule has 1 unspecified atom stereocenters. The molecule has 0 fully saturated rings. The summed E-state index contributed by atoms with van der Waals surface area (Å²) >= 11 is 1.63. The zero-order valence-corrected chi connectivity index (χ0v) is 11.8. The molecule has 6 nitrogen and oxygen atoms in total. The molecule has 1 atom stereocenters. The molecule has 104 valence electrons. The number of methoxy groups -OCH3 is 1. The van der Waals surface area contributed by atoms with E-state index in [9.17, 15) is 14.9 Å². The Morgan fingerprint density at radius 1 is 1.58 bits per heavy atom. The van der Waals surface area contributed by atoms with Gasteiger partial charge in [-0.1, -0.05) is 0 Å². The molecular formula is C12H16N2O4S. The van der Waals surface area contributed by atoms with Crippen LogP contribution in [0.5, 0.6) is 0 Å². The summed E-state index contributed by atoms with van der Waals surface area (Å²) in [4.78, 5) is 21.9. The van der Waals surface area contributed by atoms with Crippen LogP contribution < -0.4 is 5.32 Å². The number of ether oxygens (including phenoxy) is 1. The summed E-state index contributed by atoms with van der Waals surface area (Å²) in [6.07, 6.45) is 1.96. The minimum Gasteiger partial charge on any atom is -0.465 e. The predicted octanol–water partition coefficient (Wildman–Crippen LogP) is 2.54. The molecule has 0 aliphatic carbocycles. The van der Waals surface area contributed by atoms with E-state index >= 15 is 0 Å². The smallest absolute Gasteiger partial charge is 0.337 e. The van der Waals surface area contributed by atoms with Crippen molar-refractivity contribution in [2.45, 2.75) is 13.0 Å². The molecule has 0 saturated heterocycles. The molecule has 0 aliphatic heterocycles. The van der Waals surface area contributed by atoms with Crippen molar-refractivity contribution in [1.29, 1.82) is 0 Å². The Bertz CT molecular complexity index is 479. The van der Waals surface area contributed by atoms with Crippen molar-refractivity contribution in [2.75, 3.05) is 24.4 Å². The van der Waals surface area contributed by atoms with Gasteiger partial charge in [-0.3, -0.25) is 10.1 Å². The number of thioether (sulfide) groups is 1. The zero-order chi connectivity index (χ0) is 14.4. The molecule has 0 heterocycles. The van der Waals surface area contributed by atoms with E-state index < -0.39 is 10.9 Å². The van der Waals surface area contributed by atoms with E-state index in [0.717, 1.165) is 5.75 Å². The largest absolute Gasteiger partial charge is 0.465 e. The summed E-state index contributed by atoms with van der Waals surface area (Å²) in [5, 5.41) is 14.0. The lowest BCUT2D eigenvalue weighted by Crippen LogP contribution is -2.19. The molecule has 7 heteroatoms. The molecule has 1 rings (SSSR count). The number of nitrogens with zero attached hydrogens (tertiary/aromatic N) is 1. The molecule has 0 bridgehead atoms. The maximum Gasteiger partial charge on any atom is 0.337 e. The summed E-state index contributed by atoms with van der Waals surface area (Å²) in [5.41, 5.74) is 0.557. The van der Waals surface area contributed by atoms with Crippen LogP contribution in [0.2, 0.25) is 0 Å². The van der Waals surface area contributed by atoms with Crippen LogP contribution in [-0.2, 0) is 4.74 Å². The van der Waals surface area contributed by atoms with Gasteiger partial charge in [0.25, 0.3) is 5.69 Å². The normalized spacial score (nSPS) is 11.7. The van der Waals surface area contributed by atoms with E-state index in [1.165, 1.54) is 25.3 Å². The molecule has 19 heavy (non-hydrogen) atoms. The summed E-state index contributed by atoms with van der Waals surface area (Å²) in [7, 11) is 1.27. The highest BCUT2D eigenvalue weighted by atomic mass is 32.2. The van der Waals surface area contributed by atoms with E-state index in [0.29, 0.717) is 5.69 Å². The number of nitro benzene ring substituents is 1. The van der Waals surface area contributed by atoms with Gasteiger partial charge in [-0.05, 0) is 25.3 Å². The van der Waals surface area contributed by atoms with Gasteiger partial charge in [-0.15, -0.1) is 0 Å². The van der Waals surface area contributed by atoms with Crippen LogP contribution >= 0.6 is 11.8 Å². The van der Waals surface area contributed by atoms with Gasteiger partial charge in [0.15, 0.2) is 0 Å². The summed E-state index contributed by atoms with van der Waals surface area (Å²) in [5.74, 6) is 0.287. The Morgan fingerprint density at radius 3 is 2.79 bits per heavy atom. The first kappa shape index (κ1) is 15.3. The van der Waals surface area contributed by atoms with Gasteiger partial charge in [0.05, 0.1) is 17.6 Å². The molecule has 0 amide bonds. The number of carbonyl (C=O) groups excluding carboxylic acids is 1. The third kappa shape index (κ3) is 4.13. The topological polar surface area (TPSA) is 81.5 Å². The average molecular weight is 284 g/mol. The van der Waals surface area contributed by atoms with Crippen molar-refractivity contribution in [3.63, 3.8) is 0 Å². The minimum atomic E-state index is -0.518. The minimum absolute atomic E-state index is 0.0550. The second-order valence-corrected chi connectivity index (χ2v) is 4.89. The maximum absolute atomic E-state index is 11.4. The van der Waals surface area contributed by atoms with Gasteiger partial charge in [0.2, 0.25) is 0 Å². The predicted molar refractivity (Wildman–Crippen MR) is 75.9 cm³/mol. The first-order valence-electron chi connectivity index (χ1n) is 5.61. The number of hydrogen-bond acceptors (Lipinski definition) is 6. The zero-order valence-electron chi connectivity index (χ0n) is 11.0. The van der Waals surface area contributed by atoms with Gasteiger partial charge in [-0.25, -0.2) is 4.79 Å². The van der Waals surface area contributed by atoms with Gasteiger partial charge >= 0.3 is 5.97 Å². The highest BCUT2D eigenvalue weighted by Gasteiger charge is 2.18. The van der Waals surface area contributed by atoms with Crippen molar-refractivity contribution in [1.82, 2.24) is 0 Å². The molecule has 1 aromatic rings. The van der Waals surface area contributed by atoms with Crippen LogP contribution in [0.1, 0.15) is 17.3 Å². The monoisotopic (exact) mass is 284 g/mol. The molecule has 0 spiro atoms. The fourth-order valence-corrected chi connectivity index (χ4v) is 2.20. The fourth-order valence-electron chi connectivity index (χ4n) is 1.61. The van der Waals surface area contributed by atoms with E-state index in [4.69, 9.17) is 0 Å². The second kappa shape index (κ2) is 6.98. The van der Waals surface area contributed by atoms with Crippen molar-refractivity contribution in [3.8, 4) is 0 Å². The van der Waals surface area contributed by atoms with E-state index in [1.54, 1.807) is 11.8 Å². The molecule has 0 radical (unpaired) electrons. The van der Waals surface area contributed by atoms with Gasteiger partial charge in [-0.2, -0.15) is 11.8 Å². The third-order valence-electron chi connectivity index (χ3n) is 2.43. The highest BCUT2D eigenvalue weighted by Crippen LogP contribution is 2.26. The first-order valence-corrected chi connectivity index (χ1v) is 7.01. The maximum atomic E-state index is 11.4. The van der Waals surface area contributed by atoms with Crippen LogP contribution in [0.15, 0.2) is 18.2 Å². The lowest BCUT2D eigenvalue weighted by molar-refractivity contribution is -0.384. The summed E-state index contributed by atoms with van der Waals surface area (Å²) in [6, 6.07) is 4.19. The van der Waals surface area contributed by atoms with Crippen LogP contribution in [-0.4, -0.2) is 36.1 Å². The lowest BCUT2D eigenvalue weighted by atomic mass is 10.1. The van der Waals surface area contributed by atoms with Crippen molar-refractivity contribution >= 4 is 29.1 Å². The van der Waals surface area contributed by atoms with E-state index in [-0.39, 0.29) is 17.3 Å². The number of hydrogen-bond donors (Lipinski definition) is 1. The summed E-state index contributed by atoms with van der Waals surface area (Å²) < 4.78 is 4.60. The fraction of sp³-hybridized carbons (Fsp3) is 0.417. The van der Waals surface area contributed by atoms with Crippen molar-refractivity contribution in [3.05, 3.63) is 33.9 Å². The molecule has 1 aromatic carbocycles. The first-order chi connectivity index (χ1) is 8.99. The van der Waals surface area contributed by atoms with E-state index in [2.05, 4.69) is 10.1 Å². The number of anilines is 1. The standard InChI is InChI=1S/C12H16N2O4S/c1-8(7-19-3)13-10-6-9(12(15)18-2)4-5-11(10)14(16)17/h4-6,8,13H,7H2,1-3H3. The van der Waals surface area contributed by atoms with Gasteiger partial charge in [0.1, 0.15) is 5.69 Å². The molecular weight excluding hydrogens is 268 g/mol. The molecule has 1 N–H and O–H groups in total. The molecule has 0 aliphatic rings. The number of nitrogens with one attached hydrogen (secondary N) is 1. The van der Waals surface area contributed by atoms with Crippen LogP contribution in [0, 0.1) is 10.1 Å². The number of rotatable bonds is 6. The lowest BCUT2D eigenvalue weighted by Gasteiger charge is -2.14. The summed E-state index contributed by atoms with van der Waals surface area (Å²) in [6.45, 7) is 1.92. The van der Waals surface area contributed by atoms with Crippen LogP contribution in [0.3, 0.4) is 0 Å². The number of esters is 1. The Morgan fingerprint density at radius 2 is 2.26 bits per heavy atom. The second-order valence-electron chi connectivity index (χ2n) is 3.98. The highest BCUT2D eigenvalue weighted by molar-refractivity contribution is 7.98. The Kier molecular flexibility index (Phi) is 5.62. The Hall–Kier alpha value is -1.76. The number of nitro groups is 1. The van der Waals surface area contributed by atoms with Gasteiger partial charge < -0.3 is 10.1 Å². The average Bonchev–Trinajstić information content (AvgIpc) is 2.37. The van der Waals surface area contributed by atoms with Crippen molar-refractivity contribution in [2.24, 2.45) is 0 Å². The quantitative estimate of drug-likeness (QED) is 0.491. The number of carbonyl (C=O) groups is 1. The Labute approximate surface area is 115 Å². The Balaban J connectivity index is 3.08. The molecule has 0 saturated carbocycles. The molecule has 0 aromatic heterocycles. The third-order valence-corrected chi connectivity index (χ3v) is 3.27. The van der Waals surface area contributed by atoms with Gasteiger partial charge in [0, 0.05) is 17.9 Å². The van der Waals surface area contributed by atoms with Crippen molar-refractivity contribution < 1.29 is 14.5 Å². The van der Waals surface area contributed by atoms with E-state index in [1.807, 2.05) is 13.2 Å². The SMILES string of the molecule is COC(=O)c1ccc([N+](=O)[O-])c(NC(C)CSC)c1. The van der Waals surface area contributed by atoms with Crippen LogP contribution in [0.4, 0.5) is 11.4 Å². The number of benzene rings is 1.